The molecule has 4 rings (SSSR count). The van der Waals surface area contributed by atoms with Gasteiger partial charge in [-0.15, -0.1) is 10.2 Å². The van der Waals surface area contributed by atoms with Crippen molar-refractivity contribution in [2.24, 2.45) is 0 Å². The van der Waals surface area contributed by atoms with Crippen molar-refractivity contribution in [3.05, 3.63) is 46.0 Å². The number of anilines is 1. The Morgan fingerprint density at radius 2 is 2.12 bits per heavy atom. The van der Waals surface area contributed by atoms with E-state index in [9.17, 15) is 9.59 Å². The average molecular weight is 341 g/mol. The van der Waals surface area contributed by atoms with E-state index in [0.717, 1.165) is 17.8 Å². The second-order valence-corrected chi connectivity index (χ2v) is 6.83. The minimum atomic E-state index is -0.314. The van der Waals surface area contributed by atoms with Crippen LogP contribution < -0.4 is 10.9 Å². The van der Waals surface area contributed by atoms with E-state index in [1.807, 2.05) is 6.07 Å². The van der Waals surface area contributed by atoms with E-state index in [1.54, 1.807) is 18.2 Å². The van der Waals surface area contributed by atoms with Gasteiger partial charge in [-0.3, -0.25) is 19.5 Å². The van der Waals surface area contributed by atoms with Crippen molar-refractivity contribution in [1.82, 2.24) is 19.7 Å². The molecule has 24 heavy (non-hydrogen) atoms. The molecule has 8 heteroatoms. The van der Waals surface area contributed by atoms with Crippen LogP contribution >= 0.6 is 11.3 Å². The lowest BCUT2D eigenvalue weighted by Gasteiger charge is -2.21. The lowest BCUT2D eigenvalue weighted by Crippen LogP contribution is -2.27. The molecule has 122 valence electrons. The topological polar surface area (TPSA) is 89.8 Å². The zero-order chi connectivity index (χ0) is 16.5. The van der Waals surface area contributed by atoms with E-state index in [2.05, 4.69) is 20.5 Å². The zero-order valence-corrected chi connectivity index (χ0v) is 13.6. The first-order chi connectivity index (χ1) is 11.7. The molecule has 2 heterocycles. The number of benzene rings is 1. The second-order valence-electron chi connectivity index (χ2n) is 5.82. The van der Waals surface area contributed by atoms with Crippen LogP contribution in [0.1, 0.15) is 30.2 Å². The van der Waals surface area contributed by atoms with Crippen LogP contribution in [0.4, 0.5) is 5.13 Å². The van der Waals surface area contributed by atoms with E-state index < -0.39 is 0 Å². The number of fused-ring (bicyclic) bond motifs is 1. The molecule has 0 radical (unpaired) electrons. The fourth-order valence-corrected chi connectivity index (χ4v) is 3.57. The summed E-state index contributed by atoms with van der Waals surface area (Å²) in [5.74, 6) is 0.172. The normalized spacial score (nSPS) is 14.5. The number of hydrogen-bond donors (Lipinski definition) is 1. The quantitative estimate of drug-likeness (QED) is 0.785. The molecule has 0 saturated heterocycles. The molecule has 1 fully saturated rings. The molecule has 3 aromatic rings. The molecule has 0 aliphatic heterocycles. The van der Waals surface area contributed by atoms with Crippen molar-refractivity contribution in [3.63, 3.8) is 0 Å². The van der Waals surface area contributed by atoms with E-state index in [0.29, 0.717) is 22.0 Å². The van der Waals surface area contributed by atoms with Crippen molar-refractivity contribution in [3.8, 4) is 0 Å². The molecule has 0 bridgehead atoms. The highest BCUT2D eigenvalue weighted by molar-refractivity contribution is 7.15. The maximum Gasteiger partial charge on any atom is 0.261 e. The fraction of sp³-hybridized carbons (Fsp3) is 0.312. The highest BCUT2D eigenvalue weighted by Crippen LogP contribution is 2.38. The number of aromatic nitrogens is 4. The molecule has 1 amide bonds. The van der Waals surface area contributed by atoms with Crippen LogP contribution in [0.15, 0.2) is 35.4 Å². The first-order valence-electron chi connectivity index (χ1n) is 7.78. The summed E-state index contributed by atoms with van der Waals surface area (Å²) in [5, 5.41) is 12.8. The van der Waals surface area contributed by atoms with E-state index in [1.165, 1.54) is 28.7 Å². The third-order valence-electron chi connectivity index (χ3n) is 4.19. The summed E-state index contributed by atoms with van der Waals surface area (Å²) in [6, 6.07) is 7.07. The van der Waals surface area contributed by atoms with Crippen LogP contribution in [0, 0.1) is 0 Å². The van der Waals surface area contributed by atoms with Crippen LogP contribution in [-0.2, 0) is 11.3 Å². The summed E-state index contributed by atoms with van der Waals surface area (Å²) >= 11 is 1.41. The number of nitrogens with zero attached hydrogens (tertiary/aromatic N) is 4. The molecule has 0 unspecified atom stereocenters. The summed E-state index contributed by atoms with van der Waals surface area (Å²) in [6.07, 6.45) is 4.90. The average Bonchev–Trinajstić information content (AvgIpc) is 2.96. The van der Waals surface area contributed by atoms with Gasteiger partial charge in [0.05, 0.1) is 17.2 Å². The SMILES string of the molecule is O=C(Cn1cnc2ccccc2c1=O)Nc1nnc(C2CCC2)s1. The van der Waals surface area contributed by atoms with Crippen molar-refractivity contribution in [1.29, 1.82) is 0 Å². The standard InChI is InChI=1S/C16H15N5O2S/c22-13(18-16-20-19-14(24-16)10-4-3-5-10)8-21-9-17-12-7-2-1-6-11(12)15(21)23/h1-2,6-7,9-10H,3-5,8H2,(H,18,20,22). The Balaban J connectivity index is 1.48. The van der Waals surface area contributed by atoms with Crippen LogP contribution in [0.2, 0.25) is 0 Å². The van der Waals surface area contributed by atoms with Gasteiger partial charge in [0, 0.05) is 5.92 Å². The van der Waals surface area contributed by atoms with Crippen LogP contribution in [0.5, 0.6) is 0 Å². The molecule has 0 atom stereocenters. The Labute approximate surface area is 141 Å². The number of rotatable bonds is 4. The van der Waals surface area contributed by atoms with E-state index >= 15 is 0 Å². The molecule has 1 aliphatic carbocycles. The van der Waals surface area contributed by atoms with Gasteiger partial charge in [-0.1, -0.05) is 29.9 Å². The Kier molecular flexibility index (Phi) is 3.81. The molecule has 2 aromatic heterocycles. The Morgan fingerprint density at radius 1 is 1.29 bits per heavy atom. The van der Waals surface area contributed by atoms with Gasteiger partial charge in [0.25, 0.3) is 5.56 Å². The third kappa shape index (κ3) is 2.80. The molecule has 1 N–H and O–H groups in total. The van der Waals surface area contributed by atoms with Crippen LogP contribution in [-0.4, -0.2) is 25.7 Å². The second kappa shape index (κ2) is 6.12. The first kappa shape index (κ1) is 14.9. The summed E-state index contributed by atoms with van der Waals surface area (Å²) in [5.41, 5.74) is 0.386. The highest BCUT2D eigenvalue weighted by atomic mass is 32.1. The molecule has 1 saturated carbocycles. The molecule has 1 aliphatic rings. The van der Waals surface area contributed by atoms with Crippen LogP contribution in [0.25, 0.3) is 10.9 Å². The van der Waals surface area contributed by atoms with E-state index in [4.69, 9.17) is 0 Å². The lowest BCUT2D eigenvalue weighted by atomic mass is 9.86. The van der Waals surface area contributed by atoms with Gasteiger partial charge >= 0.3 is 0 Å². The van der Waals surface area contributed by atoms with E-state index in [-0.39, 0.29) is 18.0 Å². The maximum absolute atomic E-state index is 12.4. The highest BCUT2D eigenvalue weighted by Gasteiger charge is 2.23. The number of nitrogens with one attached hydrogen (secondary N) is 1. The predicted octanol–water partition coefficient (Wildman–Crippen LogP) is 2.15. The molecule has 7 nitrogen and oxygen atoms in total. The monoisotopic (exact) mass is 341 g/mol. The molecular formula is C16H15N5O2S. The van der Waals surface area contributed by atoms with Gasteiger partial charge in [-0.25, -0.2) is 4.98 Å². The zero-order valence-electron chi connectivity index (χ0n) is 12.8. The molecule has 0 spiro atoms. The number of carbonyl (C=O) groups excluding carboxylic acids is 1. The smallest absolute Gasteiger partial charge is 0.261 e. The van der Waals surface area contributed by atoms with Gasteiger partial charge < -0.3 is 0 Å². The summed E-state index contributed by atoms with van der Waals surface area (Å²) in [7, 11) is 0. The number of hydrogen-bond acceptors (Lipinski definition) is 6. The van der Waals surface area contributed by atoms with Crippen LogP contribution in [0.3, 0.4) is 0 Å². The Bertz CT molecular complexity index is 960. The van der Waals surface area contributed by atoms with Gasteiger partial charge in [-0.05, 0) is 25.0 Å². The summed E-state index contributed by atoms with van der Waals surface area (Å²) in [4.78, 5) is 28.8. The fourth-order valence-electron chi connectivity index (χ4n) is 2.64. The van der Waals surface area contributed by atoms with Gasteiger partial charge in [0.1, 0.15) is 11.6 Å². The Morgan fingerprint density at radius 3 is 2.92 bits per heavy atom. The van der Waals surface area contributed by atoms with Crippen molar-refractivity contribution in [2.75, 3.05) is 5.32 Å². The van der Waals surface area contributed by atoms with Crippen molar-refractivity contribution >= 4 is 33.3 Å². The molecular weight excluding hydrogens is 326 g/mol. The Hall–Kier alpha value is -2.61. The number of para-hydroxylation sites is 1. The predicted molar refractivity (Wildman–Crippen MR) is 91.1 cm³/mol. The number of amides is 1. The minimum absolute atomic E-state index is 0.102. The lowest BCUT2D eigenvalue weighted by molar-refractivity contribution is -0.116. The van der Waals surface area contributed by atoms with Crippen molar-refractivity contribution < 1.29 is 4.79 Å². The van der Waals surface area contributed by atoms with Gasteiger partial charge in [0.2, 0.25) is 11.0 Å². The van der Waals surface area contributed by atoms with Gasteiger partial charge in [-0.2, -0.15) is 0 Å². The largest absolute Gasteiger partial charge is 0.299 e. The van der Waals surface area contributed by atoms with Crippen molar-refractivity contribution in [2.45, 2.75) is 31.7 Å². The van der Waals surface area contributed by atoms with Gasteiger partial charge in [0.15, 0.2) is 0 Å². The molecule has 1 aromatic carbocycles. The maximum atomic E-state index is 12.4. The first-order valence-corrected chi connectivity index (χ1v) is 8.60. The minimum Gasteiger partial charge on any atom is -0.299 e. The summed E-state index contributed by atoms with van der Waals surface area (Å²) in [6.45, 7) is -0.102. The number of carbonyl (C=O) groups is 1. The summed E-state index contributed by atoms with van der Waals surface area (Å²) < 4.78 is 1.30. The third-order valence-corrected chi connectivity index (χ3v) is 5.19.